The Balaban J connectivity index is 1.39. The van der Waals surface area contributed by atoms with Gasteiger partial charge < -0.3 is 10.3 Å². The van der Waals surface area contributed by atoms with Crippen molar-refractivity contribution in [2.24, 2.45) is 0 Å². The van der Waals surface area contributed by atoms with Crippen molar-refractivity contribution in [1.29, 1.82) is 0 Å². The third-order valence-electron chi connectivity index (χ3n) is 5.88. The predicted molar refractivity (Wildman–Crippen MR) is 121 cm³/mol. The fourth-order valence-electron chi connectivity index (χ4n) is 4.21. The minimum absolute atomic E-state index is 0.374. The number of rotatable bonds is 5. The lowest BCUT2D eigenvalue weighted by Crippen LogP contribution is -2.36. The lowest BCUT2D eigenvalue weighted by atomic mass is 9.93. The van der Waals surface area contributed by atoms with Gasteiger partial charge in [0.2, 0.25) is 0 Å². The molecule has 6 heteroatoms. The van der Waals surface area contributed by atoms with E-state index in [4.69, 9.17) is 0 Å². The molecule has 3 N–H and O–H groups in total. The number of carbonyl (C=O) groups is 2. The van der Waals surface area contributed by atoms with Gasteiger partial charge in [-0.05, 0) is 73.5 Å². The molecule has 0 radical (unpaired) electrons. The van der Waals surface area contributed by atoms with E-state index >= 15 is 0 Å². The van der Waals surface area contributed by atoms with Crippen LogP contribution in [0.25, 0.3) is 16.8 Å². The lowest BCUT2D eigenvalue weighted by molar-refractivity contribution is -0.114. The molecule has 2 aliphatic heterocycles. The Kier molecular flexibility index (Phi) is 5.14. The van der Waals surface area contributed by atoms with E-state index in [1.807, 2.05) is 42.6 Å². The van der Waals surface area contributed by atoms with Crippen LogP contribution in [-0.4, -0.2) is 34.8 Å². The third-order valence-corrected chi connectivity index (χ3v) is 5.88. The van der Waals surface area contributed by atoms with E-state index in [-0.39, 0.29) is 5.91 Å². The highest BCUT2D eigenvalue weighted by Crippen LogP contribution is 2.29. The second-order valence-corrected chi connectivity index (χ2v) is 8.01. The summed E-state index contributed by atoms with van der Waals surface area (Å²) in [5.74, 6) is -0.777. The maximum atomic E-state index is 12.6. The number of H-pyrrole nitrogens is 1. The Morgan fingerprint density at radius 3 is 2.48 bits per heavy atom. The maximum Gasteiger partial charge on any atom is 0.260 e. The van der Waals surface area contributed by atoms with Crippen molar-refractivity contribution in [1.82, 2.24) is 15.2 Å². The number of hydrogen-bond acceptors (Lipinski definition) is 4. The normalized spacial score (nSPS) is 17.6. The minimum Gasteiger partial charge on any atom is -0.361 e. The molecule has 0 spiro atoms. The highest BCUT2D eigenvalue weighted by Gasteiger charge is 2.27. The van der Waals surface area contributed by atoms with Crippen molar-refractivity contribution in [3.05, 3.63) is 83.7 Å². The van der Waals surface area contributed by atoms with Crippen LogP contribution < -0.4 is 10.6 Å². The molecule has 0 saturated carbocycles. The number of aromatic amines is 1. The summed E-state index contributed by atoms with van der Waals surface area (Å²) in [4.78, 5) is 30.5. The highest BCUT2D eigenvalue weighted by atomic mass is 16.2. The Bertz CT molecular complexity index is 1140. The zero-order chi connectivity index (χ0) is 21.2. The number of anilines is 1. The summed E-state index contributed by atoms with van der Waals surface area (Å²) < 4.78 is 0. The minimum atomic E-state index is -0.403. The Morgan fingerprint density at radius 1 is 0.935 bits per heavy atom. The fraction of sp³-hybridized carbons (Fsp3) is 0.200. The van der Waals surface area contributed by atoms with E-state index < -0.39 is 5.91 Å². The second kappa shape index (κ2) is 8.24. The molecule has 2 aliphatic rings. The van der Waals surface area contributed by atoms with Gasteiger partial charge >= 0.3 is 0 Å². The zero-order valence-corrected chi connectivity index (χ0v) is 17.2. The first-order valence-electron chi connectivity index (χ1n) is 10.6. The van der Waals surface area contributed by atoms with Gasteiger partial charge in [-0.2, -0.15) is 0 Å². The van der Waals surface area contributed by atoms with E-state index in [1.54, 1.807) is 12.3 Å². The number of aromatic nitrogens is 1. The Hall–Kier alpha value is -3.64. The molecule has 1 fully saturated rings. The van der Waals surface area contributed by atoms with Crippen molar-refractivity contribution in [3.63, 3.8) is 0 Å². The SMILES string of the molecule is O=C1NC(=O)c2ccc(-c3ccc[nH]3)cc2/C1=C\Nc1ccc(CN2CCCC2)cc1. The van der Waals surface area contributed by atoms with Gasteiger partial charge in [-0.15, -0.1) is 0 Å². The molecular weight excluding hydrogens is 388 g/mol. The summed E-state index contributed by atoms with van der Waals surface area (Å²) in [6, 6.07) is 17.6. The smallest absolute Gasteiger partial charge is 0.260 e. The average molecular weight is 412 g/mol. The molecule has 156 valence electrons. The number of benzene rings is 2. The standard InChI is InChI=1S/C25H24N4O2/c30-24-20-10-7-18(23-4-3-11-26-23)14-21(20)22(25(31)28-24)15-27-19-8-5-17(6-9-19)16-29-12-1-2-13-29/h3-11,14-15,26-27H,1-2,12-13,16H2,(H,28,30,31)/b22-15+. The van der Waals surface area contributed by atoms with Crippen LogP contribution in [0.4, 0.5) is 5.69 Å². The van der Waals surface area contributed by atoms with E-state index in [0.29, 0.717) is 16.7 Å². The Morgan fingerprint density at radius 2 is 1.74 bits per heavy atom. The summed E-state index contributed by atoms with van der Waals surface area (Å²) >= 11 is 0. The lowest BCUT2D eigenvalue weighted by Gasteiger charge is -2.19. The van der Waals surface area contributed by atoms with Crippen LogP contribution in [0.2, 0.25) is 0 Å². The topological polar surface area (TPSA) is 77.2 Å². The molecule has 31 heavy (non-hydrogen) atoms. The quantitative estimate of drug-likeness (QED) is 0.437. The van der Waals surface area contributed by atoms with E-state index in [0.717, 1.165) is 23.5 Å². The van der Waals surface area contributed by atoms with Gasteiger partial charge in [0.15, 0.2) is 0 Å². The van der Waals surface area contributed by atoms with Crippen molar-refractivity contribution >= 4 is 23.1 Å². The fourth-order valence-corrected chi connectivity index (χ4v) is 4.21. The summed E-state index contributed by atoms with van der Waals surface area (Å²) in [6.45, 7) is 3.31. The monoisotopic (exact) mass is 412 g/mol. The molecule has 0 bridgehead atoms. The average Bonchev–Trinajstić information content (AvgIpc) is 3.49. The van der Waals surface area contributed by atoms with E-state index in [2.05, 4.69) is 32.7 Å². The van der Waals surface area contributed by atoms with Gasteiger partial charge in [-0.1, -0.05) is 18.2 Å². The molecular formula is C25H24N4O2. The molecule has 6 nitrogen and oxygen atoms in total. The molecule has 1 saturated heterocycles. The highest BCUT2D eigenvalue weighted by molar-refractivity contribution is 6.31. The first kappa shape index (κ1) is 19.3. The number of nitrogens with one attached hydrogen (secondary N) is 3. The van der Waals surface area contributed by atoms with Gasteiger partial charge in [0.05, 0.1) is 5.57 Å². The molecule has 3 heterocycles. The van der Waals surface area contributed by atoms with Crippen molar-refractivity contribution in [2.45, 2.75) is 19.4 Å². The van der Waals surface area contributed by atoms with Gasteiger partial charge in [-0.3, -0.25) is 19.8 Å². The molecule has 0 unspecified atom stereocenters. The number of nitrogens with zero attached hydrogens (tertiary/aromatic N) is 1. The summed E-state index contributed by atoms with van der Waals surface area (Å²) in [5.41, 5.74) is 5.57. The number of amides is 2. The molecule has 1 aromatic heterocycles. The van der Waals surface area contributed by atoms with Gasteiger partial charge in [0, 0.05) is 41.4 Å². The molecule has 2 aromatic carbocycles. The zero-order valence-electron chi connectivity index (χ0n) is 17.2. The van der Waals surface area contributed by atoms with Crippen LogP contribution in [0.3, 0.4) is 0 Å². The van der Waals surface area contributed by atoms with Crippen LogP contribution in [0, 0.1) is 0 Å². The number of likely N-dealkylation sites (tertiary alicyclic amines) is 1. The third kappa shape index (κ3) is 4.02. The Labute approximate surface area is 181 Å². The van der Waals surface area contributed by atoms with Crippen molar-refractivity contribution in [2.75, 3.05) is 18.4 Å². The number of carbonyl (C=O) groups excluding carboxylic acids is 2. The van der Waals surface area contributed by atoms with Crippen LogP contribution in [0.15, 0.2) is 67.0 Å². The number of fused-ring (bicyclic) bond motifs is 1. The van der Waals surface area contributed by atoms with Gasteiger partial charge in [0.25, 0.3) is 11.8 Å². The molecule has 2 amide bonds. The molecule has 3 aromatic rings. The van der Waals surface area contributed by atoms with Crippen molar-refractivity contribution in [3.8, 4) is 11.3 Å². The number of hydrogen-bond donors (Lipinski definition) is 3. The second-order valence-electron chi connectivity index (χ2n) is 8.01. The molecule has 5 rings (SSSR count). The molecule has 0 aliphatic carbocycles. The molecule has 0 atom stereocenters. The summed E-state index contributed by atoms with van der Waals surface area (Å²) in [5, 5.41) is 5.65. The largest absolute Gasteiger partial charge is 0.361 e. The van der Waals surface area contributed by atoms with Crippen LogP contribution >= 0.6 is 0 Å². The van der Waals surface area contributed by atoms with Crippen LogP contribution in [-0.2, 0) is 11.3 Å². The van der Waals surface area contributed by atoms with E-state index in [9.17, 15) is 9.59 Å². The van der Waals surface area contributed by atoms with Gasteiger partial charge in [-0.25, -0.2) is 0 Å². The first-order valence-corrected chi connectivity index (χ1v) is 10.6. The van der Waals surface area contributed by atoms with Crippen molar-refractivity contribution < 1.29 is 9.59 Å². The first-order chi connectivity index (χ1) is 15.2. The van der Waals surface area contributed by atoms with Gasteiger partial charge in [0.1, 0.15) is 0 Å². The van der Waals surface area contributed by atoms with Crippen LogP contribution in [0.1, 0.15) is 34.3 Å². The van der Waals surface area contributed by atoms with Crippen LogP contribution in [0.5, 0.6) is 0 Å². The summed E-state index contributed by atoms with van der Waals surface area (Å²) in [7, 11) is 0. The number of imide groups is 1. The summed E-state index contributed by atoms with van der Waals surface area (Å²) in [6.07, 6.45) is 6.09. The van der Waals surface area contributed by atoms with E-state index in [1.165, 1.54) is 31.5 Å². The maximum absolute atomic E-state index is 12.6. The predicted octanol–water partition coefficient (Wildman–Crippen LogP) is 4.00.